The number of aliphatic imine (C=N–C) groups is 1. The highest BCUT2D eigenvalue weighted by molar-refractivity contribution is 5.79. The van der Waals surface area contributed by atoms with Gasteiger partial charge in [0.15, 0.2) is 0 Å². The minimum Gasteiger partial charge on any atom is -0.361 e. The van der Waals surface area contributed by atoms with Gasteiger partial charge in [-0.2, -0.15) is 0 Å². The quantitative estimate of drug-likeness (QED) is 0.368. The van der Waals surface area contributed by atoms with Crippen LogP contribution in [-0.2, 0) is 0 Å². The van der Waals surface area contributed by atoms with E-state index in [0.29, 0.717) is 0 Å². The molecule has 1 heterocycles. The van der Waals surface area contributed by atoms with Gasteiger partial charge in [-0.3, -0.25) is 4.99 Å². The lowest BCUT2D eigenvalue weighted by molar-refractivity contribution is 0.340. The largest absolute Gasteiger partial charge is 0.361 e. The first-order valence-corrected chi connectivity index (χ1v) is 4.03. The van der Waals surface area contributed by atoms with Gasteiger partial charge < -0.3 is 4.90 Å². The molecule has 0 bridgehead atoms. The standard InChI is InChI=1S/C8H16N2/c1-8(9-2)10-6-4-3-5-7-10/h3-7H2,1-2H3. The van der Waals surface area contributed by atoms with Gasteiger partial charge in [0.05, 0.1) is 5.84 Å². The fourth-order valence-corrected chi connectivity index (χ4v) is 1.36. The monoisotopic (exact) mass is 140 g/mol. The van der Waals surface area contributed by atoms with Crippen LogP contribution >= 0.6 is 0 Å². The maximum Gasteiger partial charge on any atom is 0.0954 e. The van der Waals surface area contributed by atoms with E-state index in [-0.39, 0.29) is 0 Å². The van der Waals surface area contributed by atoms with Crippen LogP contribution < -0.4 is 0 Å². The minimum absolute atomic E-state index is 1.19. The summed E-state index contributed by atoms with van der Waals surface area (Å²) >= 11 is 0. The number of hydrogen-bond donors (Lipinski definition) is 0. The van der Waals surface area contributed by atoms with Crippen LogP contribution in [0.15, 0.2) is 4.99 Å². The van der Waals surface area contributed by atoms with Crippen LogP contribution in [0.5, 0.6) is 0 Å². The lowest BCUT2D eigenvalue weighted by atomic mass is 10.1. The molecule has 2 heteroatoms. The molecule has 0 aromatic rings. The minimum atomic E-state index is 1.19. The summed E-state index contributed by atoms with van der Waals surface area (Å²) in [6.07, 6.45) is 4.08. The van der Waals surface area contributed by atoms with Crippen molar-refractivity contribution in [2.24, 2.45) is 4.99 Å². The average molecular weight is 140 g/mol. The van der Waals surface area contributed by atoms with Crippen molar-refractivity contribution in [2.75, 3.05) is 20.1 Å². The zero-order valence-electron chi connectivity index (χ0n) is 6.93. The Morgan fingerprint density at radius 3 is 2.30 bits per heavy atom. The molecule has 1 saturated heterocycles. The molecule has 0 spiro atoms. The lowest BCUT2D eigenvalue weighted by Gasteiger charge is -2.27. The van der Waals surface area contributed by atoms with E-state index in [9.17, 15) is 0 Å². The Hall–Kier alpha value is -0.530. The molecule has 1 rings (SSSR count). The third kappa shape index (κ3) is 1.72. The van der Waals surface area contributed by atoms with E-state index in [1.807, 2.05) is 7.05 Å². The van der Waals surface area contributed by atoms with Gasteiger partial charge in [-0.1, -0.05) is 0 Å². The van der Waals surface area contributed by atoms with Gasteiger partial charge in [0.25, 0.3) is 0 Å². The molecule has 0 unspecified atom stereocenters. The van der Waals surface area contributed by atoms with Crippen LogP contribution in [0.2, 0.25) is 0 Å². The number of rotatable bonds is 0. The van der Waals surface area contributed by atoms with Crippen molar-refractivity contribution in [3.8, 4) is 0 Å². The SMILES string of the molecule is CN=C(C)N1CCCCC1. The van der Waals surface area contributed by atoms with Crippen molar-refractivity contribution >= 4 is 5.84 Å². The highest BCUT2D eigenvalue weighted by Gasteiger charge is 2.09. The van der Waals surface area contributed by atoms with Crippen LogP contribution in [0.3, 0.4) is 0 Å². The highest BCUT2D eigenvalue weighted by Crippen LogP contribution is 2.08. The Morgan fingerprint density at radius 2 is 1.80 bits per heavy atom. The van der Waals surface area contributed by atoms with Crippen molar-refractivity contribution in [3.05, 3.63) is 0 Å². The number of amidine groups is 1. The molecule has 58 valence electrons. The van der Waals surface area contributed by atoms with Crippen molar-refractivity contribution in [2.45, 2.75) is 26.2 Å². The molecule has 1 fully saturated rings. The van der Waals surface area contributed by atoms with E-state index >= 15 is 0 Å². The van der Waals surface area contributed by atoms with E-state index in [0.717, 1.165) is 0 Å². The van der Waals surface area contributed by atoms with Gasteiger partial charge in [-0.25, -0.2) is 0 Å². The first-order valence-electron chi connectivity index (χ1n) is 4.03. The van der Waals surface area contributed by atoms with Crippen LogP contribution in [-0.4, -0.2) is 30.9 Å². The molecule has 0 N–H and O–H groups in total. The van der Waals surface area contributed by atoms with Gasteiger partial charge in [0, 0.05) is 20.1 Å². The second kappa shape index (κ2) is 3.59. The molecule has 0 atom stereocenters. The zero-order chi connectivity index (χ0) is 7.40. The molecule has 0 saturated carbocycles. The second-order valence-corrected chi connectivity index (χ2v) is 2.82. The van der Waals surface area contributed by atoms with E-state index in [1.165, 1.54) is 38.2 Å². The van der Waals surface area contributed by atoms with Gasteiger partial charge in [0.2, 0.25) is 0 Å². The Bertz CT molecular complexity index is 123. The topological polar surface area (TPSA) is 15.6 Å². The lowest BCUT2D eigenvalue weighted by Crippen LogP contribution is -2.33. The fourth-order valence-electron chi connectivity index (χ4n) is 1.36. The van der Waals surface area contributed by atoms with E-state index in [1.54, 1.807) is 0 Å². The van der Waals surface area contributed by atoms with E-state index < -0.39 is 0 Å². The third-order valence-electron chi connectivity index (χ3n) is 2.14. The Labute approximate surface area is 62.9 Å². The summed E-state index contributed by atoms with van der Waals surface area (Å²) in [6, 6.07) is 0. The van der Waals surface area contributed by atoms with E-state index in [4.69, 9.17) is 0 Å². The molecule has 10 heavy (non-hydrogen) atoms. The Morgan fingerprint density at radius 1 is 1.20 bits per heavy atom. The van der Waals surface area contributed by atoms with Gasteiger partial charge in [0.1, 0.15) is 0 Å². The summed E-state index contributed by atoms with van der Waals surface area (Å²) in [4.78, 5) is 6.52. The summed E-state index contributed by atoms with van der Waals surface area (Å²) in [7, 11) is 1.87. The first-order chi connectivity index (χ1) is 4.84. The van der Waals surface area contributed by atoms with Crippen molar-refractivity contribution in [1.82, 2.24) is 4.90 Å². The molecule has 0 aromatic carbocycles. The molecule has 2 nitrogen and oxygen atoms in total. The molecule has 1 aliphatic heterocycles. The van der Waals surface area contributed by atoms with Crippen LogP contribution in [0, 0.1) is 0 Å². The van der Waals surface area contributed by atoms with Gasteiger partial charge in [-0.05, 0) is 26.2 Å². The number of nitrogens with zero attached hydrogens (tertiary/aromatic N) is 2. The highest BCUT2D eigenvalue weighted by atomic mass is 15.2. The molecule has 0 radical (unpaired) electrons. The van der Waals surface area contributed by atoms with Crippen LogP contribution in [0.25, 0.3) is 0 Å². The molecule has 0 aromatic heterocycles. The van der Waals surface area contributed by atoms with Crippen molar-refractivity contribution < 1.29 is 0 Å². The molecular formula is C8H16N2. The average Bonchev–Trinajstić information content (AvgIpc) is 2.05. The smallest absolute Gasteiger partial charge is 0.0954 e. The molecule has 1 aliphatic rings. The summed E-state index contributed by atoms with van der Waals surface area (Å²) in [5.74, 6) is 1.19. The van der Waals surface area contributed by atoms with Crippen LogP contribution in [0.1, 0.15) is 26.2 Å². The summed E-state index contributed by atoms with van der Waals surface area (Å²) < 4.78 is 0. The van der Waals surface area contributed by atoms with E-state index in [2.05, 4.69) is 16.8 Å². The second-order valence-electron chi connectivity index (χ2n) is 2.82. The maximum atomic E-state index is 4.15. The Balaban J connectivity index is 2.39. The molecule has 0 aliphatic carbocycles. The zero-order valence-corrected chi connectivity index (χ0v) is 6.93. The van der Waals surface area contributed by atoms with Crippen LogP contribution in [0.4, 0.5) is 0 Å². The van der Waals surface area contributed by atoms with Gasteiger partial charge >= 0.3 is 0 Å². The van der Waals surface area contributed by atoms with Crippen molar-refractivity contribution in [1.29, 1.82) is 0 Å². The Kier molecular flexibility index (Phi) is 2.72. The predicted octanol–water partition coefficient (Wildman–Crippen LogP) is 1.52. The van der Waals surface area contributed by atoms with Gasteiger partial charge in [-0.15, -0.1) is 0 Å². The van der Waals surface area contributed by atoms with Crippen molar-refractivity contribution in [3.63, 3.8) is 0 Å². The predicted molar refractivity (Wildman–Crippen MR) is 44.5 cm³/mol. The third-order valence-corrected chi connectivity index (χ3v) is 2.14. The summed E-state index contributed by atoms with van der Waals surface area (Å²) in [5.41, 5.74) is 0. The fraction of sp³-hybridized carbons (Fsp3) is 0.875. The summed E-state index contributed by atoms with van der Waals surface area (Å²) in [5, 5.41) is 0. The maximum absolute atomic E-state index is 4.15. The molecule has 0 amide bonds. The first kappa shape index (κ1) is 7.58. The number of likely N-dealkylation sites (tertiary alicyclic amines) is 1. The summed E-state index contributed by atoms with van der Waals surface area (Å²) in [6.45, 7) is 4.51. The normalized spacial score (nSPS) is 21.4. The molecular weight excluding hydrogens is 124 g/mol. The number of hydrogen-bond acceptors (Lipinski definition) is 1. The number of piperidine rings is 1.